The van der Waals surface area contributed by atoms with Crippen molar-refractivity contribution in [1.82, 2.24) is 14.5 Å². The molecular weight excluding hydrogens is 815 g/mol. The highest BCUT2D eigenvalue weighted by molar-refractivity contribution is 6.12. The summed E-state index contributed by atoms with van der Waals surface area (Å²) in [6, 6.07) is 81.2. The maximum absolute atomic E-state index is 6.54. The Hall–Kier alpha value is -8.86. The SMILES string of the molecule is c1ccc(-n2c3ccccc3c3cc(-c4ccc5oc6ccc(-c7nc(-c8cccc9c8-c8ccccc8C98c9ccccc9-c9ccccc98)nc8ccccc78)cc6c5c4)ccc32)cc1. The topological polar surface area (TPSA) is 43.9 Å². The molecule has 0 unspecified atom stereocenters. The number of hydrogen-bond donors (Lipinski definition) is 0. The van der Waals surface area contributed by atoms with Gasteiger partial charge in [-0.2, -0.15) is 0 Å². The van der Waals surface area contributed by atoms with Gasteiger partial charge in [-0.05, 0) is 122 Å². The van der Waals surface area contributed by atoms with Gasteiger partial charge in [0.25, 0.3) is 0 Å². The Morgan fingerprint density at radius 3 is 1.66 bits per heavy atom. The van der Waals surface area contributed by atoms with Crippen LogP contribution in [0.2, 0.25) is 0 Å². The number of furan rings is 1. The minimum absolute atomic E-state index is 0.451. The zero-order valence-electron chi connectivity index (χ0n) is 36.1. The molecule has 13 aromatic rings. The minimum atomic E-state index is -0.451. The van der Waals surface area contributed by atoms with Gasteiger partial charge in [0.1, 0.15) is 11.2 Å². The Morgan fingerprint density at radius 2 is 0.896 bits per heavy atom. The smallest absolute Gasteiger partial charge is 0.161 e. The molecule has 4 heteroatoms. The molecule has 15 rings (SSSR count). The average molecular weight is 852 g/mol. The summed E-state index contributed by atoms with van der Waals surface area (Å²) < 4.78 is 8.90. The van der Waals surface area contributed by atoms with Gasteiger partial charge in [-0.15, -0.1) is 0 Å². The monoisotopic (exact) mass is 851 g/mol. The van der Waals surface area contributed by atoms with E-state index in [1.807, 2.05) is 0 Å². The molecule has 67 heavy (non-hydrogen) atoms. The molecule has 2 aliphatic rings. The number of fused-ring (bicyclic) bond motifs is 17. The summed E-state index contributed by atoms with van der Waals surface area (Å²) in [6.07, 6.45) is 0. The molecule has 0 atom stereocenters. The molecule has 2 aliphatic carbocycles. The fourth-order valence-corrected chi connectivity index (χ4v) is 11.9. The summed E-state index contributed by atoms with van der Waals surface area (Å²) in [6.45, 7) is 0. The van der Waals surface area contributed by atoms with Crippen molar-refractivity contribution in [3.63, 3.8) is 0 Å². The van der Waals surface area contributed by atoms with Crippen molar-refractivity contribution in [1.29, 1.82) is 0 Å². The van der Waals surface area contributed by atoms with E-state index in [-0.39, 0.29) is 0 Å². The van der Waals surface area contributed by atoms with Crippen molar-refractivity contribution in [2.24, 2.45) is 0 Å². The van der Waals surface area contributed by atoms with Crippen LogP contribution in [0.4, 0.5) is 0 Å². The molecule has 0 saturated carbocycles. The fraction of sp³-hybridized carbons (Fsp3) is 0.0159. The maximum atomic E-state index is 6.54. The summed E-state index contributed by atoms with van der Waals surface area (Å²) in [5.74, 6) is 0.709. The second-order valence-corrected chi connectivity index (χ2v) is 18.0. The van der Waals surface area contributed by atoms with Crippen molar-refractivity contribution in [2.45, 2.75) is 5.41 Å². The second kappa shape index (κ2) is 13.6. The summed E-state index contributed by atoms with van der Waals surface area (Å²) in [4.78, 5) is 10.9. The van der Waals surface area contributed by atoms with E-state index in [1.54, 1.807) is 0 Å². The van der Waals surface area contributed by atoms with Gasteiger partial charge in [0, 0.05) is 43.7 Å². The first kappa shape index (κ1) is 36.5. The highest BCUT2D eigenvalue weighted by atomic mass is 16.3. The Kier molecular flexibility index (Phi) is 7.40. The van der Waals surface area contributed by atoms with E-state index in [2.05, 4.69) is 229 Å². The number of hydrogen-bond acceptors (Lipinski definition) is 3. The molecule has 0 saturated heterocycles. The molecule has 310 valence electrons. The molecule has 0 fully saturated rings. The molecular formula is C63H37N3O. The first-order valence-corrected chi connectivity index (χ1v) is 23.0. The standard InChI is InChI=1S/C63H37N3O/c1-2-15-41(16-3-1)66-56-28-13-8-19-44(56)48-35-38(29-32-57(48)66)39-30-33-58-49(36-39)50-37-40(31-34-59(50)67-58)61-46-21-7-12-27-55(46)64-62(65-61)47-22-14-26-54-60(47)45-20-6-11-25-53(45)63(54)51-23-9-4-17-42(51)43-18-5-10-24-52(43)63/h1-37H. The third kappa shape index (κ3) is 4.96. The van der Waals surface area contributed by atoms with Crippen molar-refractivity contribution in [3.05, 3.63) is 247 Å². The first-order chi connectivity index (χ1) is 33.2. The number of para-hydroxylation sites is 3. The Balaban J connectivity index is 0.897. The van der Waals surface area contributed by atoms with E-state index in [9.17, 15) is 0 Å². The van der Waals surface area contributed by atoms with Crippen LogP contribution in [-0.4, -0.2) is 14.5 Å². The lowest BCUT2D eigenvalue weighted by Gasteiger charge is -2.30. The Bertz CT molecular complexity index is 4190. The van der Waals surface area contributed by atoms with E-state index in [4.69, 9.17) is 14.4 Å². The molecule has 0 bridgehead atoms. The predicted molar refractivity (Wildman–Crippen MR) is 274 cm³/mol. The lowest BCUT2D eigenvalue weighted by atomic mass is 9.70. The molecule has 10 aromatic carbocycles. The quantitative estimate of drug-likeness (QED) is 0.177. The second-order valence-electron chi connectivity index (χ2n) is 18.0. The number of nitrogens with zero attached hydrogens (tertiary/aromatic N) is 3. The van der Waals surface area contributed by atoms with Gasteiger partial charge in [-0.25, -0.2) is 9.97 Å². The number of rotatable bonds is 4. The predicted octanol–water partition coefficient (Wildman–Crippen LogP) is 16.0. The van der Waals surface area contributed by atoms with Crippen molar-refractivity contribution >= 4 is 54.6 Å². The lowest BCUT2D eigenvalue weighted by molar-refractivity contribution is 0.669. The molecule has 0 aliphatic heterocycles. The van der Waals surface area contributed by atoms with E-state index in [0.717, 1.165) is 66.5 Å². The Morgan fingerprint density at radius 1 is 0.358 bits per heavy atom. The van der Waals surface area contributed by atoms with Crippen LogP contribution in [0.3, 0.4) is 0 Å². The minimum Gasteiger partial charge on any atom is -0.456 e. The number of benzene rings is 10. The molecule has 3 aromatic heterocycles. The summed E-state index contributed by atoms with van der Waals surface area (Å²) in [7, 11) is 0. The Labute approximate surface area is 385 Å². The zero-order valence-corrected chi connectivity index (χ0v) is 36.1. The molecule has 4 nitrogen and oxygen atoms in total. The van der Waals surface area contributed by atoms with Gasteiger partial charge in [-0.1, -0.05) is 158 Å². The van der Waals surface area contributed by atoms with Gasteiger partial charge < -0.3 is 8.98 Å². The molecule has 0 N–H and O–H groups in total. The van der Waals surface area contributed by atoms with Gasteiger partial charge in [-0.3, -0.25) is 0 Å². The van der Waals surface area contributed by atoms with Crippen LogP contribution in [0.5, 0.6) is 0 Å². The molecule has 1 spiro atoms. The lowest BCUT2D eigenvalue weighted by Crippen LogP contribution is -2.25. The number of aromatic nitrogens is 3. The van der Waals surface area contributed by atoms with Gasteiger partial charge in [0.15, 0.2) is 5.82 Å². The van der Waals surface area contributed by atoms with E-state index in [1.165, 1.54) is 66.3 Å². The third-order valence-corrected chi connectivity index (χ3v) is 14.6. The average Bonchev–Trinajstić information content (AvgIpc) is 4.12. The van der Waals surface area contributed by atoms with Crippen molar-refractivity contribution in [2.75, 3.05) is 0 Å². The normalized spacial score (nSPS) is 13.2. The summed E-state index contributed by atoms with van der Waals surface area (Å²) in [5, 5.41) is 5.58. The van der Waals surface area contributed by atoms with Crippen molar-refractivity contribution < 1.29 is 4.42 Å². The van der Waals surface area contributed by atoms with E-state index >= 15 is 0 Å². The zero-order chi connectivity index (χ0) is 43.8. The van der Waals surface area contributed by atoms with E-state index < -0.39 is 5.41 Å². The van der Waals surface area contributed by atoms with Crippen LogP contribution >= 0.6 is 0 Å². The van der Waals surface area contributed by atoms with E-state index in [0.29, 0.717) is 5.82 Å². The summed E-state index contributed by atoms with van der Waals surface area (Å²) >= 11 is 0. The first-order valence-electron chi connectivity index (χ1n) is 23.0. The highest BCUT2D eigenvalue weighted by Crippen LogP contribution is 2.64. The van der Waals surface area contributed by atoms with Crippen LogP contribution in [0, 0.1) is 0 Å². The van der Waals surface area contributed by atoms with Crippen LogP contribution in [0.1, 0.15) is 22.3 Å². The van der Waals surface area contributed by atoms with Gasteiger partial charge in [0.2, 0.25) is 0 Å². The van der Waals surface area contributed by atoms with Crippen LogP contribution < -0.4 is 0 Å². The molecule has 0 radical (unpaired) electrons. The van der Waals surface area contributed by atoms with Gasteiger partial charge >= 0.3 is 0 Å². The van der Waals surface area contributed by atoms with Gasteiger partial charge in [0.05, 0.1) is 27.7 Å². The highest BCUT2D eigenvalue weighted by Gasteiger charge is 2.52. The molecule has 3 heterocycles. The van der Waals surface area contributed by atoms with Crippen molar-refractivity contribution in [3.8, 4) is 61.7 Å². The third-order valence-electron chi connectivity index (χ3n) is 14.6. The largest absolute Gasteiger partial charge is 0.456 e. The molecule has 0 amide bonds. The maximum Gasteiger partial charge on any atom is 0.161 e. The summed E-state index contributed by atoms with van der Waals surface area (Å²) in [5.41, 5.74) is 21.1. The van der Waals surface area contributed by atoms with Crippen LogP contribution in [0.15, 0.2) is 229 Å². The van der Waals surface area contributed by atoms with Crippen LogP contribution in [0.25, 0.3) is 116 Å². The fourth-order valence-electron chi connectivity index (χ4n) is 11.9. The van der Waals surface area contributed by atoms with Crippen LogP contribution in [-0.2, 0) is 5.41 Å².